The lowest BCUT2D eigenvalue weighted by Crippen LogP contribution is -2.16. The van der Waals surface area contributed by atoms with Crippen LogP contribution in [0.4, 0.5) is 8.78 Å². The van der Waals surface area contributed by atoms with Gasteiger partial charge in [-0.05, 0) is 13.0 Å². The molecule has 0 radical (unpaired) electrons. The maximum absolute atomic E-state index is 13.8. The van der Waals surface area contributed by atoms with Crippen molar-refractivity contribution in [3.63, 3.8) is 0 Å². The summed E-state index contributed by atoms with van der Waals surface area (Å²) in [6.07, 6.45) is 1.43. The zero-order valence-electron chi connectivity index (χ0n) is 10.0. The molecule has 5 heteroatoms. The second kappa shape index (κ2) is 4.78. The van der Waals surface area contributed by atoms with Gasteiger partial charge in [-0.1, -0.05) is 0 Å². The largest absolute Gasteiger partial charge is 0.497 e. The molecule has 0 spiro atoms. The minimum atomic E-state index is -0.908. The summed E-state index contributed by atoms with van der Waals surface area (Å²) in [5.74, 6) is -0.818. The highest BCUT2D eigenvalue weighted by molar-refractivity contribution is 5.38. The molecule has 2 rings (SSSR count). The van der Waals surface area contributed by atoms with Crippen LogP contribution in [-0.2, 0) is 0 Å². The van der Waals surface area contributed by atoms with Crippen molar-refractivity contribution >= 4 is 0 Å². The van der Waals surface area contributed by atoms with Crippen molar-refractivity contribution in [1.29, 1.82) is 0 Å². The van der Waals surface area contributed by atoms with Gasteiger partial charge in [-0.25, -0.2) is 8.78 Å². The zero-order chi connectivity index (χ0) is 13.3. The topological polar surface area (TPSA) is 48.4 Å². The maximum Gasteiger partial charge on any atom is 0.134 e. The first-order valence-electron chi connectivity index (χ1n) is 5.37. The Balaban J connectivity index is 2.48. The van der Waals surface area contributed by atoms with Crippen LogP contribution in [0.15, 0.2) is 28.9 Å². The SMILES string of the molecule is COc1cc(F)c(C(N)c2ccoc2C)c(F)c1. The summed E-state index contributed by atoms with van der Waals surface area (Å²) in [6, 6.07) is 2.90. The lowest BCUT2D eigenvalue weighted by molar-refractivity contribution is 0.404. The summed E-state index contributed by atoms with van der Waals surface area (Å²) >= 11 is 0. The van der Waals surface area contributed by atoms with Crippen molar-refractivity contribution in [1.82, 2.24) is 0 Å². The highest BCUT2D eigenvalue weighted by atomic mass is 19.1. The Morgan fingerprint density at radius 1 is 1.28 bits per heavy atom. The van der Waals surface area contributed by atoms with Gasteiger partial charge < -0.3 is 14.9 Å². The van der Waals surface area contributed by atoms with Crippen molar-refractivity contribution < 1.29 is 17.9 Å². The molecule has 1 atom stereocenters. The second-order valence-electron chi connectivity index (χ2n) is 3.91. The van der Waals surface area contributed by atoms with E-state index in [9.17, 15) is 8.78 Å². The van der Waals surface area contributed by atoms with Gasteiger partial charge in [0.05, 0.1) is 19.4 Å². The van der Waals surface area contributed by atoms with Crippen LogP contribution in [0.3, 0.4) is 0 Å². The normalized spacial score (nSPS) is 12.5. The van der Waals surface area contributed by atoms with E-state index in [1.54, 1.807) is 13.0 Å². The minimum Gasteiger partial charge on any atom is -0.497 e. The van der Waals surface area contributed by atoms with Crippen LogP contribution in [0.2, 0.25) is 0 Å². The first-order valence-corrected chi connectivity index (χ1v) is 5.37. The molecular formula is C13H13F2NO2. The van der Waals surface area contributed by atoms with Gasteiger partial charge in [0.2, 0.25) is 0 Å². The van der Waals surface area contributed by atoms with Crippen LogP contribution in [0.1, 0.15) is 22.9 Å². The van der Waals surface area contributed by atoms with Gasteiger partial charge in [0.1, 0.15) is 23.1 Å². The highest BCUT2D eigenvalue weighted by Gasteiger charge is 2.22. The van der Waals surface area contributed by atoms with Crippen molar-refractivity contribution in [2.75, 3.05) is 7.11 Å². The number of furan rings is 1. The van der Waals surface area contributed by atoms with E-state index in [-0.39, 0.29) is 11.3 Å². The predicted octanol–water partition coefficient (Wildman–Crippen LogP) is 2.92. The Bertz CT molecular complexity index is 543. The van der Waals surface area contributed by atoms with Gasteiger partial charge in [-0.15, -0.1) is 0 Å². The molecule has 3 nitrogen and oxygen atoms in total. The molecular weight excluding hydrogens is 240 g/mol. The third-order valence-corrected chi connectivity index (χ3v) is 2.83. The third kappa shape index (κ3) is 2.09. The zero-order valence-corrected chi connectivity index (χ0v) is 10.0. The minimum absolute atomic E-state index is 0.116. The van der Waals surface area contributed by atoms with Crippen molar-refractivity contribution in [2.24, 2.45) is 5.73 Å². The van der Waals surface area contributed by atoms with Crippen LogP contribution in [0.5, 0.6) is 5.75 Å². The molecule has 0 fully saturated rings. The quantitative estimate of drug-likeness (QED) is 0.914. The number of aryl methyl sites for hydroxylation is 1. The molecule has 0 saturated carbocycles. The Morgan fingerprint density at radius 2 is 1.89 bits per heavy atom. The van der Waals surface area contributed by atoms with Crippen molar-refractivity contribution in [3.8, 4) is 5.75 Å². The first-order chi connectivity index (χ1) is 8.54. The Labute approximate surface area is 103 Å². The van der Waals surface area contributed by atoms with E-state index in [1.165, 1.54) is 13.4 Å². The summed E-state index contributed by atoms with van der Waals surface area (Å²) in [6.45, 7) is 1.69. The molecule has 1 aromatic carbocycles. The molecule has 1 unspecified atom stereocenters. The summed E-state index contributed by atoms with van der Waals surface area (Å²) < 4.78 is 37.6. The number of rotatable bonds is 3. The molecule has 18 heavy (non-hydrogen) atoms. The van der Waals surface area contributed by atoms with Crippen LogP contribution in [-0.4, -0.2) is 7.11 Å². The molecule has 0 aliphatic carbocycles. The number of nitrogens with two attached hydrogens (primary N) is 1. The molecule has 0 bridgehead atoms. The average molecular weight is 253 g/mol. The van der Waals surface area contributed by atoms with Crippen LogP contribution in [0, 0.1) is 18.6 Å². The van der Waals surface area contributed by atoms with E-state index < -0.39 is 17.7 Å². The molecule has 1 heterocycles. The molecule has 0 aliphatic heterocycles. The van der Waals surface area contributed by atoms with Crippen LogP contribution >= 0.6 is 0 Å². The smallest absolute Gasteiger partial charge is 0.134 e. The van der Waals surface area contributed by atoms with E-state index >= 15 is 0 Å². The number of hydrogen-bond donors (Lipinski definition) is 1. The predicted molar refractivity (Wildman–Crippen MR) is 62.4 cm³/mol. The van der Waals surface area contributed by atoms with Gasteiger partial charge in [0.15, 0.2) is 0 Å². The first kappa shape index (κ1) is 12.6. The molecule has 0 aliphatic rings. The number of hydrogen-bond acceptors (Lipinski definition) is 3. The van der Waals surface area contributed by atoms with Crippen LogP contribution in [0.25, 0.3) is 0 Å². The Hall–Kier alpha value is -1.88. The molecule has 2 N–H and O–H groups in total. The van der Waals surface area contributed by atoms with Gasteiger partial charge in [-0.2, -0.15) is 0 Å². The van der Waals surface area contributed by atoms with Gasteiger partial charge >= 0.3 is 0 Å². The van der Waals surface area contributed by atoms with Crippen molar-refractivity contribution in [2.45, 2.75) is 13.0 Å². The fourth-order valence-corrected chi connectivity index (χ4v) is 1.85. The summed E-state index contributed by atoms with van der Waals surface area (Å²) in [4.78, 5) is 0. The van der Waals surface area contributed by atoms with E-state index in [4.69, 9.17) is 14.9 Å². The number of benzene rings is 1. The van der Waals surface area contributed by atoms with Gasteiger partial charge in [-0.3, -0.25) is 0 Å². The molecule has 0 saturated heterocycles. The summed E-state index contributed by atoms with van der Waals surface area (Å²) in [7, 11) is 1.34. The average Bonchev–Trinajstić information content (AvgIpc) is 2.74. The molecule has 2 aromatic rings. The fraction of sp³-hybridized carbons (Fsp3) is 0.231. The highest BCUT2D eigenvalue weighted by Crippen LogP contribution is 2.30. The summed E-state index contributed by atoms with van der Waals surface area (Å²) in [5, 5.41) is 0. The Kier molecular flexibility index (Phi) is 3.34. The fourth-order valence-electron chi connectivity index (χ4n) is 1.85. The van der Waals surface area contributed by atoms with E-state index in [0.29, 0.717) is 11.3 Å². The second-order valence-corrected chi connectivity index (χ2v) is 3.91. The molecule has 1 aromatic heterocycles. The third-order valence-electron chi connectivity index (χ3n) is 2.83. The standard InChI is InChI=1S/C13H13F2NO2/c1-7-9(3-4-18-7)13(16)12-10(14)5-8(17-2)6-11(12)15/h3-6,13H,16H2,1-2H3. The summed E-state index contributed by atoms with van der Waals surface area (Å²) in [5.41, 5.74) is 6.23. The van der Waals surface area contributed by atoms with Gasteiger partial charge in [0.25, 0.3) is 0 Å². The number of ether oxygens (including phenoxy) is 1. The molecule has 0 amide bonds. The number of methoxy groups -OCH3 is 1. The lowest BCUT2D eigenvalue weighted by Gasteiger charge is -2.14. The monoisotopic (exact) mass is 253 g/mol. The Morgan fingerprint density at radius 3 is 2.33 bits per heavy atom. The van der Waals surface area contributed by atoms with E-state index in [2.05, 4.69) is 0 Å². The van der Waals surface area contributed by atoms with E-state index in [1.807, 2.05) is 0 Å². The van der Waals surface area contributed by atoms with Crippen molar-refractivity contribution in [3.05, 3.63) is 53.0 Å². The lowest BCUT2D eigenvalue weighted by atomic mass is 9.99. The molecule has 96 valence electrons. The maximum atomic E-state index is 13.8. The van der Waals surface area contributed by atoms with E-state index in [0.717, 1.165) is 12.1 Å². The van der Waals surface area contributed by atoms with Crippen LogP contribution < -0.4 is 10.5 Å². The van der Waals surface area contributed by atoms with Gasteiger partial charge in [0, 0.05) is 23.3 Å². The number of halogens is 2.